The van der Waals surface area contributed by atoms with Gasteiger partial charge in [-0.3, -0.25) is 0 Å². The molecule has 2 rings (SSSR count). The molecule has 1 aliphatic rings. The van der Waals surface area contributed by atoms with Crippen LogP contribution in [0.2, 0.25) is 0 Å². The molecule has 18 heavy (non-hydrogen) atoms. The Kier molecular flexibility index (Phi) is 4.51. The van der Waals surface area contributed by atoms with Crippen molar-refractivity contribution in [1.29, 1.82) is 0 Å². The second kappa shape index (κ2) is 5.93. The van der Waals surface area contributed by atoms with Crippen molar-refractivity contribution in [2.45, 2.75) is 37.3 Å². The van der Waals surface area contributed by atoms with Crippen LogP contribution in [-0.2, 0) is 5.75 Å². The van der Waals surface area contributed by atoms with Gasteiger partial charge in [-0.05, 0) is 25.1 Å². The molecule has 0 amide bonds. The van der Waals surface area contributed by atoms with Crippen LogP contribution in [0.4, 0.5) is 4.39 Å². The molecule has 0 radical (unpaired) electrons. The smallest absolute Gasteiger partial charge is 0.128 e. The zero-order valence-electron chi connectivity index (χ0n) is 11.1. The van der Waals surface area contributed by atoms with E-state index < -0.39 is 0 Å². The lowest BCUT2D eigenvalue weighted by Crippen LogP contribution is -2.33. The maximum absolute atomic E-state index is 14.1. The normalized spacial score (nSPS) is 22.7. The van der Waals surface area contributed by atoms with E-state index in [2.05, 4.69) is 19.2 Å². The van der Waals surface area contributed by atoms with Crippen molar-refractivity contribution in [3.05, 3.63) is 29.1 Å². The van der Waals surface area contributed by atoms with Gasteiger partial charge in [0.2, 0.25) is 0 Å². The summed E-state index contributed by atoms with van der Waals surface area (Å²) >= 11 is 1.85. The Morgan fingerprint density at radius 1 is 1.50 bits per heavy atom. The summed E-state index contributed by atoms with van der Waals surface area (Å²) in [5.74, 6) is 1.50. The number of benzene rings is 1. The van der Waals surface area contributed by atoms with Crippen LogP contribution in [0.1, 0.15) is 37.4 Å². The summed E-state index contributed by atoms with van der Waals surface area (Å²) in [6.45, 7) is 5.18. The standard InChI is InChI=1S/C14H20FNOS/c1-4-7-16-14-9(2)18-8-10-12(17-3)6-5-11(15)13(10)14/h5-6,9,14,16H,4,7-8H2,1-3H3. The topological polar surface area (TPSA) is 21.3 Å². The van der Waals surface area contributed by atoms with Gasteiger partial charge < -0.3 is 10.1 Å². The summed E-state index contributed by atoms with van der Waals surface area (Å²) in [5, 5.41) is 3.83. The third kappa shape index (κ3) is 2.50. The van der Waals surface area contributed by atoms with Crippen molar-refractivity contribution in [1.82, 2.24) is 5.32 Å². The summed E-state index contributed by atoms with van der Waals surface area (Å²) in [5.41, 5.74) is 1.81. The van der Waals surface area contributed by atoms with Crippen LogP contribution in [0.5, 0.6) is 5.75 Å². The largest absolute Gasteiger partial charge is 0.496 e. The molecular formula is C14H20FNOS. The number of fused-ring (bicyclic) bond motifs is 1. The van der Waals surface area contributed by atoms with Gasteiger partial charge in [-0.2, -0.15) is 11.8 Å². The van der Waals surface area contributed by atoms with Gasteiger partial charge in [-0.15, -0.1) is 0 Å². The number of hydrogen-bond acceptors (Lipinski definition) is 3. The number of methoxy groups -OCH3 is 1. The lowest BCUT2D eigenvalue weighted by Gasteiger charge is -2.33. The first-order valence-corrected chi connectivity index (χ1v) is 7.44. The van der Waals surface area contributed by atoms with E-state index in [1.54, 1.807) is 13.2 Å². The Balaban J connectivity index is 2.41. The van der Waals surface area contributed by atoms with E-state index in [0.717, 1.165) is 35.6 Å². The summed E-state index contributed by atoms with van der Waals surface area (Å²) in [4.78, 5) is 0. The fraction of sp³-hybridized carbons (Fsp3) is 0.571. The fourth-order valence-electron chi connectivity index (χ4n) is 2.41. The van der Waals surface area contributed by atoms with Crippen molar-refractivity contribution < 1.29 is 9.13 Å². The predicted octanol–water partition coefficient (Wildman–Crippen LogP) is 3.51. The fourth-order valence-corrected chi connectivity index (χ4v) is 3.56. The number of rotatable bonds is 4. The molecule has 0 aromatic heterocycles. The number of nitrogens with one attached hydrogen (secondary N) is 1. The van der Waals surface area contributed by atoms with Crippen LogP contribution in [-0.4, -0.2) is 18.9 Å². The van der Waals surface area contributed by atoms with E-state index in [-0.39, 0.29) is 11.9 Å². The second-order valence-electron chi connectivity index (χ2n) is 4.59. The van der Waals surface area contributed by atoms with E-state index in [9.17, 15) is 4.39 Å². The van der Waals surface area contributed by atoms with Crippen LogP contribution in [0, 0.1) is 5.82 Å². The van der Waals surface area contributed by atoms with Gasteiger partial charge >= 0.3 is 0 Å². The van der Waals surface area contributed by atoms with E-state index in [1.165, 1.54) is 6.07 Å². The minimum absolute atomic E-state index is 0.0776. The second-order valence-corrected chi connectivity index (χ2v) is 5.96. The van der Waals surface area contributed by atoms with Gasteiger partial charge in [0.1, 0.15) is 11.6 Å². The summed E-state index contributed by atoms with van der Waals surface area (Å²) in [6, 6.07) is 3.32. The van der Waals surface area contributed by atoms with Crippen LogP contribution >= 0.6 is 11.8 Å². The molecule has 0 bridgehead atoms. The molecule has 4 heteroatoms. The quantitative estimate of drug-likeness (QED) is 0.904. The first-order valence-electron chi connectivity index (χ1n) is 6.39. The Bertz CT molecular complexity index is 425. The molecule has 0 fully saturated rings. The van der Waals surface area contributed by atoms with E-state index in [4.69, 9.17) is 4.74 Å². The molecule has 1 N–H and O–H groups in total. The average molecular weight is 269 g/mol. The number of ether oxygens (including phenoxy) is 1. The summed E-state index contributed by atoms with van der Waals surface area (Å²) in [7, 11) is 1.64. The molecule has 2 unspecified atom stereocenters. The molecular weight excluding hydrogens is 249 g/mol. The van der Waals surface area contributed by atoms with Crippen molar-refractivity contribution in [2.75, 3.05) is 13.7 Å². The molecule has 2 atom stereocenters. The van der Waals surface area contributed by atoms with Crippen LogP contribution < -0.4 is 10.1 Å². The molecule has 1 heterocycles. The van der Waals surface area contributed by atoms with Crippen LogP contribution in [0.15, 0.2) is 12.1 Å². The Labute approximate surface area is 112 Å². The molecule has 1 aromatic carbocycles. The number of halogens is 1. The summed E-state index contributed by atoms with van der Waals surface area (Å²) < 4.78 is 19.5. The van der Waals surface area contributed by atoms with Gasteiger partial charge in [0, 0.05) is 28.2 Å². The SMILES string of the molecule is CCCNC1c2c(F)ccc(OC)c2CSC1C. The molecule has 0 aliphatic carbocycles. The first kappa shape index (κ1) is 13.7. The summed E-state index contributed by atoms with van der Waals surface area (Å²) in [6.07, 6.45) is 1.05. The molecule has 100 valence electrons. The zero-order valence-corrected chi connectivity index (χ0v) is 11.9. The van der Waals surface area contributed by atoms with E-state index >= 15 is 0 Å². The molecule has 0 saturated carbocycles. The Hall–Kier alpha value is -0.740. The Morgan fingerprint density at radius 2 is 2.28 bits per heavy atom. The third-order valence-corrected chi connectivity index (χ3v) is 4.62. The minimum atomic E-state index is -0.119. The molecule has 2 nitrogen and oxygen atoms in total. The highest BCUT2D eigenvalue weighted by molar-refractivity contribution is 7.99. The molecule has 1 aliphatic heterocycles. The molecule has 1 aromatic rings. The Morgan fingerprint density at radius 3 is 2.94 bits per heavy atom. The average Bonchev–Trinajstić information content (AvgIpc) is 2.38. The van der Waals surface area contributed by atoms with Crippen LogP contribution in [0.3, 0.4) is 0 Å². The van der Waals surface area contributed by atoms with Crippen molar-refractivity contribution in [2.24, 2.45) is 0 Å². The number of hydrogen-bond donors (Lipinski definition) is 1. The van der Waals surface area contributed by atoms with Gasteiger partial charge in [0.15, 0.2) is 0 Å². The lowest BCUT2D eigenvalue weighted by molar-refractivity contribution is 0.404. The highest BCUT2D eigenvalue weighted by Crippen LogP contribution is 2.42. The zero-order chi connectivity index (χ0) is 13.1. The third-order valence-electron chi connectivity index (χ3n) is 3.37. The van der Waals surface area contributed by atoms with Gasteiger partial charge in [-0.25, -0.2) is 4.39 Å². The highest BCUT2D eigenvalue weighted by Gasteiger charge is 2.31. The monoisotopic (exact) mass is 269 g/mol. The predicted molar refractivity (Wildman–Crippen MR) is 74.7 cm³/mol. The van der Waals surface area contributed by atoms with E-state index in [0.29, 0.717) is 5.25 Å². The maximum atomic E-state index is 14.1. The van der Waals surface area contributed by atoms with Crippen LogP contribution in [0.25, 0.3) is 0 Å². The van der Waals surface area contributed by atoms with E-state index in [1.807, 2.05) is 11.8 Å². The first-order chi connectivity index (χ1) is 8.69. The molecule has 0 spiro atoms. The van der Waals surface area contributed by atoms with Gasteiger partial charge in [0.05, 0.1) is 7.11 Å². The minimum Gasteiger partial charge on any atom is -0.496 e. The van der Waals surface area contributed by atoms with Crippen molar-refractivity contribution in [3.63, 3.8) is 0 Å². The maximum Gasteiger partial charge on any atom is 0.128 e. The highest BCUT2D eigenvalue weighted by atomic mass is 32.2. The van der Waals surface area contributed by atoms with Crippen molar-refractivity contribution >= 4 is 11.8 Å². The number of thioether (sulfide) groups is 1. The lowest BCUT2D eigenvalue weighted by atomic mass is 9.96. The van der Waals surface area contributed by atoms with Crippen molar-refractivity contribution in [3.8, 4) is 5.75 Å². The van der Waals surface area contributed by atoms with Gasteiger partial charge in [0.25, 0.3) is 0 Å². The van der Waals surface area contributed by atoms with Gasteiger partial charge in [-0.1, -0.05) is 13.8 Å². The molecule has 0 saturated heterocycles.